The number of pyridine rings is 1. The summed E-state index contributed by atoms with van der Waals surface area (Å²) in [6.45, 7) is 4.24. The third-order valence-corrected chi connectivity index (χ3v) is 6.05. The van der Waals surface area contributed by atoms with E-state index in [1.165, 1.54) is 29.7 Å². The molecule has 25 heavy (non-hydrogen) atoms. The smallest absolute Gasteiger partial charge is 0.317 e. The van der Waals surface area contributed by atoms with Crippen LogP contribution < -0.4 is 10.2 Å². The van der Waals surface area contributed by atoms with Gasteiger partial charge in [0.05, 0.1) is 0 Å². The van der Waals surface area contributed by atoms with Crippen molar-refractivity contribution in [1.29, 1.82) is 0 Å². The van der Waals surface area contributed by atoms with E-state index in [-0.39, 0.29) is 6.03 Å². The van der Waals surface area contributed by atoms with Crippen LogP contribution in [0.25, 0.3) is 0 Å². The molecule has 2 aromatic rings. The van der Waals surface area contributed by atoms with Crippen LogP contribution in [0.5, 0.6) is 0 Å². The number of fused-ring (bicyclic) bond motifs is 1. The van der Waals surface area contributed by atoms with Crippen LogP contribution in [-0.4, -0.2) is 35.5 Å². The predicted octanol–water partition coefficient (Wildman–Crippen LogP) is 3.40. The standard InChI is InChI=1S/C19H24N4OS/c24-19(23-10-5-17-16(14-23)6-11-25-17)21-13-15-4-7-20-18(12-15)22-8-2-1-3-9-22/h4,6-7,11-12H,1-3,5,8-10,13-14H2,(H,21,24). The molecule has 2 aliphatic rings. The van der Waals surface area contributed by atoms with Gasteiger partial charge in [-0.15, -0.1) is 11.3 Å². The zero-order chi connectivity index (χ0) is 17.1. The maximum absolute atomic E-state index is 12.5. The molecule has 2 amide bonds. The summed E-state index contributed by atoms with van der Waals surface area (Å²) in [6, 6.07) is 6.25. The van der Waals surface area contributed by atoms with E-state index in [4.69, 9.17) is 0 Å². The quantitative estimate of drug-likeness (QED) is 0.917. The lowest BCUT2D eigenvalue weighted by molar-refractivity contribution is 0.192. The number of nitrogens with one attached hydrogen (secondary N) is 1. The van der Waals surface area contributed by atoms with Crippen LogP contribution in [0.1, 0.15) is 35.3 Å². The summed E-state index contributed by atoms with van der Waals surface area (Å²) in [7, 11) is 0. The van der Waals surface area contributed by atoms with Gasteiger partial charge in [-0.3, -0.25) is 0 Å². The van der Waals surface area contributed by atoms with Gasteiger partial charge in [0.1, 0.15) is 5.82 Å². The number of rotatable bonds is 3. The van der Waals surface area contributed by atoms with Crippen molar-refractivity contribution < 1.29 is 4.79 Å². The van der Waals surface area contributed by atoms with Gasteiger partial charge in [-0.2, -0.15) is 0 Å². The minimum Gasteiger partial charge on any atom is -0.357 e. The molecule has 132 valence electrons. The Morgan fingerprint density at radius 1 is 1.20 bits per heavy atom. The van der Waals surface area contributed by atoms with Crippen molar-refractivity contribution in [3.05, 3.63) is 45.8 Å². The highest BCUT2D eigenvalue weighted by Crippen LogP contribution is 2.24. The number of carbonyl (C=O) groups excluding carboxylic acids is 1. The van der Waals surface area contributed by atoms with Gasteiger partial charge in [0.2, 0.25) is 0 Å². The molecule has 0 saturated carbocycles. The third kappa shape index (κ3) is 3.79. The fourth-order valence-electron chi connectivity index (χ4n) is 3.58. The predicted molar refractivity (Wildman–Crippen MR) is 101 cm³/mol. The van der Waals surface area contributed by atoms with Gasteiger partial charge in [0.25, 0.3) is 0 Å². The average Bonchev–Trinajstić information content (AvgIpc) is 3.15. The van der Waals surface area contributed by atoms with Crippen molar-refractivity contribution in [2.45, 2.75) is 38.8 Å². The first-order valence-electron chi connectivity index (χ1n) is 9.07. The Morgan fingerprint density at radius 2 is 2.08 bits per heavy atom. The van der Waals surface area contributed by atoms with Crippen molar-refractivity contribution in [3.8, 4) is 0 Å². The van der Waals surface area contributed by atoms with Gasteiger partial charge in [-0.05, 0) is 60.4 Å². The highest BCUT2D eigenvalue weighted by Gasteiger charge is 2.21. The van der Waals surface area contributed by atoms with Gasteiger partial charge >= 0.3 is 6.03 Å². The maximum atomic E-state index is 12.5. The number of thiophene rings is 1. The Hall–Kier alpha value is -2.08. The number of hydrogen-bond acceptors (Lipinski definition) is 4. The van der Waals surface area contributed by atoms with Crippen LogP contribution in [0.15, 0.2) is 29.8 Å². The van der Waals surface area contributed by atoms with Crippen molar-refractivity contribution in [2.75, 3.05) is 24.5 Å². The number of carbonyl (C=O) groups is 1. The molecule has 5 nitrogen and oxygen atoms in total. The van der Waals surface area contributed by atoms with E-state index < -0.39 is 0 Å². The molecule has 0 radical (unpaired) electrons. The molecule has 2 aliphatic heterocycles. The second-order valence-corrected chi connectivity index (χ2v) is 7.77. The van der Waals surface area contributed by atoms with Crippen molar-refractivity contribution in [3.63, 3.8) is 0 Å². The average molecular weight is 356 g/mol. The molecule has 1 saturated heterocycles. The highest BCUT2D eigenvalue weighted by atomic mass is 32.1. The molecule has 0 aliphatic carbocycles. The Morgan fingerprint density at radius 3 is 2.96 bits per heavy atom. The molecule has 1 N–H and O–H groups in total. The molecule has 0 unspecified atom stereocenters. The monoisotopic (exact) mass is 356 g/mol. The number of aromatic nitrogens is 1. The van der Waals surface area contributed by atoms with Gasteiger partial charge < -0.3 is 15.1 Å². The summed E-state index contributed by atoms with van der Waals surface area (Å²) in [4.78, 5) is 22.7. The van der Waals surface area contributed by atoms with Crippen LogP contribution in [-0.2, 0) is 19.5 Å². The maximum Gasteiger partial charge on any atom is 0.317 e. The lowest BCUT2D eigenvalue weighted by Gasteiger charge is -2.28. The normalized spacial score (nSPS) is 17.3. The first kappa shape index (κ1) is 16.4. The number of anilines is 1. The fraction of sp³-hybridized carbons (Fsp3) is 0.474. The molecule has 1 fully saturated rings. The number of piperidine rings is 1. The fourth-order valence-corrected chi connectivity index (χ4v) is 4.47. The second kappa shape index (κ2) is 7.44. The van der Waals surface area contributed by atoms with Gasteiger partial charge in [-0.25, -0.2) is 9.78 Å². The van der Waals surface area contributed by atoms with Gasteiger partial charge in [0, 0.05) is 43.8 Å². The molecule has 4 heterocycles. The summed E-state index contributed by atoms with van der Waals surface area (Å²) in [5.74, 6) is 1.03. The topological polar surface area (TPSA) is 48.5 Å². The zero-order valence-corrected chi connectivity index (χ0v) is 15.2. The Bertz CT molecular complexity index is 739. The molecule has 0 aromatic carbocycles. The molecule has 0 bridgehead atoms. The van der Waals surface area contributed by atoms with Crippen LogP contribution in [0.3, 0.4) is 0 Å². The molecular formula is C19H24N4OS. The first-order chi connectivity index (χ1) is 12.3. The van der Waals surface area contributed by atoms with E-state index in [0.29, 0.717) is 6.54 Å². The molecule has 6 heteroatoms. The molecule has 0 atom stereocenters. The molecular weight excluding hydrogens is 332 g/mol. The summed E-state index contributed by atoms with van der Waals surface area (Å²) in [6.07, 6.45) is 6.61. The molecule has 0 spiro atoms. The molecule has 2 aromatic heterocycles. The number of urea groups is 1. The Balaban J connectivity index is 1.34. The van der Waals surface area contributed by atoms with E-state index in [9.17, 15) is 4.79 Å². The number of hydrogen-bond donors (Lipinski definition) is 1. The zero-order valence-electron chi connectivity index (χ0n) is 14.4. The van der Waals surface area contributed by atoms with E-state index in [1.807, 2.05) is 17.2 Å². The first-order valence-corrected chi connectivity index (χ1v) is 9.95. The minimum atomic E-state index is 0.0215. The van der Waals surface area contributed by atoms with Crippen molar-refractivity contribution in [2.24, 2.45) is 0 Å². The summed E-state index contributed by atoms with van der Waals surface area (Å²) in [5, 5.41) is 5.18. The van der Waals surface area contributed by atoms with E-state index >= 15 is 0 Å². The number of nitrogens with zero attached hydrogens (tertiary/aromatic N) is 3. The lowest BCUT2D eigenvalue weighted by atomic mass is 10.1. The highest BCUT2D eigenvalue weighted by molar-refractivity contribution is 7.10. The Labute approximate surface area is 152 Å². The van der Waals surface area contributed by atoms with Crippen molar-refractivity contribution in [1.82, 2.24) is 15.2 Å². The van der Waals surface area contributed by atoms with Crippen molar-refractivity contribution >= 4 is 23.2 Å². The lowest BCUT2D eigenvalue weighted by Crippen LogP contribution is -2.42. The van der Waals surface area contributed by atoms with Crippen LogP contribution in [0.2, 0.25) is 0 Å². The third-order valence-electron chi connectivity index (χ3n) is 5.03. The SMILES string of the molecule is O=C(NCc1ccnc(N2CCCCC2)c1)N1CCc2sccc2C1. The second-order valence-electron chi connectivity index (χ2n) is 6.77. The van der Waals surface area contributed by atoms with Crippen LogP contribution in [0.4, 0.5) is 10.6 Å². The van der Waals surface area contributed by atoms with Gasteiger partial charge in [0.15, 0.2) is 0 Å². The summed E-state index contributed by atoms with van der Waals surface area (Å²) >= 11 is 1.79. The minimum absolute atomic E-state index is 0.0215. The van der Waals surface area contributed by atoms with Gasteiger partial charge in [-0.1, -0.05) is 0 Å². The van der Waals surface area contributed by atoms with E-state index in [2.05, 4.69) is 32.7 Å². The largest absolute Gasteiger partial charge is 0.357 e. The van der Waals surface area contributed by atoms with Crippen LogP contribution in [0, 0.1) is 0 Å². The van der Waals surface area contributed by atoms with E-state index in [0.717, 1.165) is 44.0 Å². The number of amides is 2. The van der Waals surface area contributed by atoms with Crippen LogP contribution >= 0.6 is 11.3 Å². The van der Waals surface area contributed by atoms with E-state index in [1.54, 1.807) is 11.3 Å². The summed E-state index contributed by atoms with van der Waals surface area (Å²) < 4.78 is 0. The molecule has 4 rings (SSSR count). The summed E-state index contributed by atoms with van der Waals surface area (Å²) in [5.41, 5.74) is 2.40. The Kier molecular flexibility index (Phi) is 4.88.